The largest absolute Gasteiger partial charge is 0.540 e. The van der Waals surface area contributed by atoms with E-state index >= 15 is 0 Å². The Hall–Kier alpha value is -0.590. The number of hydrogen-bond acceptors (Lipinski definition) is 4. The summed E-state index contributed by atoms with van der Waals surface area (Å²) in [6.45, 7) is 0. The van der Waals surface area contributed by atoms with Crippen LogP contribution in [0.3, 0.4) is 0 Å². The lowest BCUT2D eigenvalue weighted by molar-refractivity contribution is -0.254. The van der Waals surface area contributed by atoms with Crippen LogP contribution in [0.25, 0.3) is 0 Å². The minimum Gasteiger partial charge on any atom is -0.540 e. The molecule has 0 bridgehead atoms. The number of halogens is 1. The van der Waals surface area contributed by atoms with Gasteiger partial charge in [-0.1, -0.05) is 0 Å². The van der Waals surface area contributed by atoms with Crippen LogP contribution in [0.2, 0.25) is 0 Å². The van der Waals surface area contributed by atoms with Crippen LogP contribution in [0.5, 0.6) is 0 Å². The van der Waals surface area contributed by atoms with Crippen molar-refractivity contribution in [3.63, 3.8) is 0 Å². The van der Waals surface area contributed by atoms with Crippen LogP contribution in [-0.4, -0.2) is 20.6 Å². The van der Waals surface area contributed by atoms with E-state index in [1.807, 2.05) is 0 Å². The molecule has 0 spiro atoms. The summed E-state index contributed by atoms with van der Waals surface area (Å²) >= 11 is 0. The average molecular weight is 241 g/mol. The topological polar surface area (TPSA) is 74.3 Å². The minimum atomic E-state index is -3.39. The molecule has 0 radical (unpaired) electrons. The van der Waals surface area contributed by atoms with Crippen LogP contribution in [0.1, 0.15) is 9.67 Å². The lowest BCUT2D eigenvalue weighted by atomic mass is 10.5. The molecule has 0 saturated carbocycles. The first kappa shape index (κ1) is 10.5. The molecule has 0 aromatic carbocycles. The third-order valence-electron chi connectivity index (χ3n) is 1.33. The first-order valence-corrected chi connectivity index (χ1v) is 7.07. The van der Waals surface area contributed by atoms with Crippen molar-refractivity contribution in [3.05, 3.63) is 16.3 Å². The van der Waals surface area contributed by atoms with Crippen LogP contribution in [0.4, 0.5) is 0 Å². The molecule has 72 valence electrons. The summed E-state index contributed by atoms with van der Waals surface area (Å²) in [6, 6.07) is 1.03. The van der Waals surface area contributed by atoms with E-state index in [0.29, 0.717) is 0 Å². The number of sulfone groups is 1. The molecule has 1 rings (SSSR count). The van der Waals surface area contributed by atoms with Gasteiger partial charge in [0, 0.05) is 12.3 Å². The van der Waals surface area contributed by atoms with Gasteiger partial charge in [-0.3, -0.25) is 0 Å². The number of carbonyl (C=O) groups excluding carboxylic acids is 1. The van der Waals surface area contributed by atoms with Crippen molar-refractivity contribution in [2.45, 2.75) is 4.90 Å². The second-order valence-electron chi connectivity index (χ2n) is 2.37. The number of carboxylic acids is 1. The molecular formula is C6H5ClO4S2. The third kappa shape index (κ3) is 2.20. The van der Waals surface area contributed by atoms with Gasteiger partial charge in [-0.15, -0.1) is 0 Å². The lowest BCUT2D eigenvalue weighted by Crippen LogP contribution is -2.21. The molecule has 1 aromatic rings. The van der Waals surface area contributed by atoms with Crippen LogP contribution >= 0.6 is 20.4 Å². The van der Waals surface area contributed by atoms with Gasteiger partial charge in [0.05, 0.1) is 0 Å². The maximum atomic E-state index is 11.0. The number of rotatable bonds is 2. The van der Waals surface area contributed by atoms with E-state index in [1.165, 1.54) is 5.38 Å². The molecule has 4 nitrogen and oxygen atoms in total. The number of aromatic carboxylic acids is 1. The molecule has 0 aliphatic rings. The van der Waals surface area contributed by atoms with Crippen LogP contribution in [0, 0.1) is 0 Å². The third-order valence-corrected chi connectivity index (χ3v) is 4.51. The highest BCUT2D eigenvalue weighted by Crippen LogP contribution is 2.33. The highest BCUT2D eigenvalue weighted by atomic mass is 35.7. The van der Waals surface area contributed by atoms with Crippen LogP contribution in [-0.2, 0) is 9.84 Å². The number of carbonyl (C=O) groups is 1. The Morgan fingerprint density at radius 3 is 2.38 bits per heavy atom. The van der Waals surface area contributed by atoms with Gasteiger partial charge in [0.25, 0.3) is 0 Å². The van der Waals surface area contributed by atoms with E-state index in [0.717, 1.165) is 12.3 Å². The van der Waals surface area contributed by atoms with E-state index < -0.39 is 25.5 Å². The molecule has 13 heavy (non-hydrogen) atoms. The predicted octanol–water partition coefficient (Wildman–Crippen LogP) is 0.205. The quantitative estimate of drug-likeness (QED) is 0.693. The normalized spacial score (nSPS) is 12.9. The standard InChI is InChI=1S/C6H5ClO4S2/c1-13(10,11)4-2-5(6(8)9)12(7)3-4/h2-3H,1H3. The summed E-state index contributed by atoms with van der Waals surface area (Å²) in [5.74, 6) is -1.44. The summed E-state index contributed by atoms with van der Waals surface area (Å²) in [5.41, 5.74) is 0. The maximum absolute atomic E-state index is 11.0. The van der Waals surface area contributed by atoms with Crippen LogP contribution < -0.4 is 5.11 Å². The Kier molecular flexibility index (Phi) is 2.65. The molecule has 0 N–H and O–H groups in total. The fraction of sp³-hybridized carbons (Fsp3) is 0.167. The molecule has 0 amide bonds. The Morgan fingerprint density at radius 2 is 2.15 bits per heavy atom. The van der Waals surface area contributed by atoms with Crippen LogP contribution in [0.15, 0.2) is 16.3 Å². The number of hydrogen-bond donors (Lipinski definition) is 0. The monoisotopic (exact) mass is 240 g/mol. The molecule has 0 saturated heterocycles. The van der Waals surface area contributed by atoms with Gasteiger partial charge < -0.3 is 9.90 Å². The van der Waals surface area contributed by atoms with Crippen molar-refractivity contribution < 1.29 is 18.3 Å². The molecule has 0 aliphatic carbocycles. The van der Waals surface area contributed by atoms with Crippen molar-refractivity contribution in [2.75, 3.05) is 6.26 Å². The van der Waals surface area contributed by atoms with Gasteiger partial charge in [0.2, 0.25) is 15.6 Å². The Morgan fingerprint density at radius 1 is 1.62 bits per heavy atom. The maximum Gasteiger partial charge on any atom is 0.217 e. The van der Waals surface area contributed by atoms with Gasteiger partial charge in [0.1, 0.15) is 20.5 Å². The fourth-order valence-electron chi connectivity index (χ4n) is 0.718. The molecular weight excluding hydrogens is 236 g/mol. The van der Waals surface area contributed by atoms with Gasteiger partial charge in [-0.2, -0.15) is 0 Å². The number of thiophene rings is 1. The van der Waals surface area contributed by atoms with Crippen molar-refractivity contribution in [1.82, 2.24) is 0 Å². The van der Waals surface area contributed by atoms with E-state index in [-0.39, 0.29) is 9.77 Å². The summed E-state index contributed by atoms with van der Waals surface area (Å²) in [5, 5.41) is 11.6. The van der Waals surface area contributed by atoms with E-state index in [4.69, 9.17) is 10.7 Å². The Balaban J connectivity index is 3.33. The second kappa shape index (κ2) is 3.28. The zero-order valence-electron chi connectivity index (χ0n) is 6.48. The van der Waals surface area contributed by atoms with Gasteiger partial charge >= 0.3 is 0 Å². The average Bonchev–Trinajstić information content (AvgIpc) is 2.29. The lowest BCUT2D eigenvalue weighted by Gasteiger charge is -1.88. The molecule has 1 atom stereocenters. The molecule has 0 aliphatic heterocycles. The summed E-state index contributed by atoms with van der Waals surface area (Å²) in [6.07, 6.45) is 0.988. The zero-order chi connectivity index (χ0) is 10.2. The smallest absolute Gasteiger partial charge is 0.217 e. The highest BCUT2D eigenvalue weighted by Gasteiger charge is 2.22. The SMILES string of the molecule is CS(=O)(=O)c1cc(C(=O)[O-])[s+](Cl)c1. The summed E-state index contributed by atoms with van der Waals surface area (Å²) in [7, 11) is 0.999. The van der Waals surface area contributed by atoms with Gasteiger partial charge in [0.15, 0.2) is 15.2 Å². The summed E-state index contributed by atoms with van der Waals surface area (Å²) in [4.78, 5) is 10.1. The molecule has 0 fully saturated rings. The number of carboxylic acid groups (broad SMARTS) is 1. The predicted molar refractivity (Wildman–Crippen MR) is 47.6 cm³/mol. The van der Waals surface area contributed by atoms with Gasteiger partial charge in [-0.25, -0.2) is 8.42 Å². The Bertz CT molecular complexity index is 445. The minimum absolute atomic E-state index is 0.0648. The van der Waals surface area contributed by atoms with Crippen molar-refractivity contribution in [2.24, 2.45) is 0 Å². The van der Waals surface area contributed by atoms with Gasteiger partial charge in [-0.05, 0) is 0 Å². The van der Waals surface area contributed by atoms with Crippen molar-refractivity contribution >= 4 is 36.2 Å². The van der Waals surface area contributed by atoms with Crippen molar-refractivity contribution in [1.29, 1.82) is 0 Å². The first-order chi connectivity index (χ1) is 5.82. The Labute approximate surface area is 82.2 Å². The molecule has 1 unspecified atom stereocenters. The van der Waals surface area contributed by atoms with Crippen molar-refractivity contribution in [3.8, 4) is 0 Å². The molecule has 1 heterocycles. The molecule has 7 heteroatoms. The molecule has 1 aromatic heterocycles. The van der Waals surface area contributed by atoms with E-state index in [1.54, 1.807) is 0 Å². The second-order valence-corrected chi connectivity index (χ2v) is 6.63. The van der Waals surface area contributed by atoms with E-state index in [2.05, 4.69) is 0 Å². The van der Waals surface area contributed by atoms with E-state index in [9.17, 15) is 18.3 Å². The highest BCUT2D eigenvalue weighted by molar-refractivity contribution is 7.91. The fourth-order valence-corrected chi connectivity index (χ4v) is 3.68. The first-order valence-electron chi connectivity index (χ1n) is 3.06. The summed E-state index contributed by atoms with van der Waals surface area (Å²) < 4.78 is 21.9. The zero-order valence-corrected chi connectivity index (χ0v) is 8.87.